The zero-order valence-electron chi connectivity index (χ0n) is 18.6. The molecule has 4 aromatic rings. The number of pyridine rings is 2. The molecule has 1 aromatic carbocycles. The van der Waals surface area contributed by atoms with Crippen molar-refractivity contribution in [2.24, 2.45) is 16.0 Å². The standard InChI is InChI=1S/C24H18F2N6O4/c25-14-8-15-17(19-11(14)4-2-6-36-19)16(12-3-1-5-28-23(12)33)18(24(34)35)32(15)9-10-7-13-21(27)30-31-22(13)29-20(10)26/h1,3,5,7-8,21H,2,4,6,9,27H2,(H,28,33)(H,34,35). The maximum absolute atomic E-state index is 15.2. The fourth-order valence-corrected chi connectivity index (χ4v) is 4.87. The summed E-state index contributed by atoms with van der Waals surface area (Å²) >= 11 is 0. The molecule has 0 amide bonds. The predicted octanol–water partition coefficient (Wildman–Crippen LogP) is 3.80. The Morgan fingerprint density at radius 1 is 1.33 bits per heavy atom. The van der Waals surface area contributed by atoms with Crippen LogP contribution in [0, 0.1) is 11.8 Å². The maximum atomic E-state index is 15.2. The number of benzene rings is 1. The second-order valence-corrected chi connectivity index (χ2v) is 8.55. The number of aromatic amines is 1. The van der Waals surface area contributed by atoms with E-state index in [9.17, 15) is 19.1 Å². The van der Waals surface area contributed by atoms with Gasteiger partial charge < -0.3 is 25.1 Å². The molecule has 3 aromatic heterocycles. The monoisotopic (exact) mass is 492 g/mol. The van der Waals surface area contributed by atoms with E-state index in [-0.39, 0.29) is 51.4 Å². The number of hydrogen-bond donors (Lipinski definition) is 3. The molecule has 182 valence electrons. The Kier molecular flexibility index (Phi) is 4.93. The number of aromatic carboxylic acids is 1. The summed E-state index contributed by atoms with van der Waals surface area (Å²) in [6.45, 7) is -0.0298. The van der Waals surface area contributed by atoms with E-state index in [4.69, 9.17) is 10.5 Å². The Labute approximate surface area is 201 Å². The van der Waals surface area contributed by atoms with Gasteiger partial charge in [0.15, 0.2) is 5.82 Å². The van der Waals surface area contributed by atoms with Crippen molar-refractivity contribution < 1.29 is 23.4 Å². The van der Waals surface area contributed by atoms with Crippen molar-refractivity contribution >= 4 is 22.7 Å². The molecule has 5 heterocycles. The summed E-state index contributed by atoms with van der Waals surface area (Å²) in [4.78, 5) is 31.8. The molecule has 0 saturated heterocycles. The number of nitrogens with two attached hydrogens (primary N) is 1. The fourth-order valence-electron chi connectivity index (χ4n) is 4.87. The number of rotatable bonds is 4. The van der Waals surface area contributed by atoms with Crippen LogP contribution in [0.5, 0.6) is 5.75 Å². The van der Waals surface area contributed by atoms with Crippen molar-refractivity contribution in [3.8, 4) is 16.9 Å². The third kappa shape index (κ3) is 3.22. The molecule has 0 fully saturated rings. The minimum Gasteiger partial charge on any atom is -0.492 e. The van der Waals surface area contributed by atoms with E-state index >= 15 is 4.39 Å². The van der Waals surface area contributed by atoms with E-state index in [1.165, 1.54) is 29.0 Å². The molecule has 0 radical (unpaired) electrons. The molecule has 36 heavy (non-hydrogen) atoms. The Morgan fingerprint density at radius 2 is 2.17 bits per heavy atom. The molecule has 2 aliphatic heterocycles. The number of H-pyrrole nitrogens is 1. The molecular formula is C24H18F2N6O4. The van der Waals surface area contributed by atoms with Crippen molar-refractivity contribution in [1.29, 1.82) is 0 Å². The van der Waals surface area contributed by atoms with Crippen LogP contribution in [-0.2, 0) is 13.0 Å². The number of halogens is 2. The number of carboxylic acids is 1. The number of carbonyl (C=O) groups is 1. The lowest BCUT2D eigenvalue weighted by atomic mass is 9.97. The van der Waals surface area contributed by atoms with Gasteiger partial charge in [0.2, 0.25) is 5.95 Å². The van der Waals surface area contributed by atoms with Crippen LogP contribution in [0.15, 0.2) is 45.5 Å². The van der Waals surface area contributed by atoms with Crippen LogP contribution < -0.4 is 16.0 Å². The topological polar surface area (TPSA) is 148 Å². The quantitative estimate of drug-likeness (QED) is 0.369. The van der Waals surface area contributed by atoms with Gasteiger partial charge in [-0.25, -0.2) is 9.18 Å². The molecule has 1 atom stereocenters. The number of aromatic nitrogens is 3. The van der Waals surface area contributed by atoms with Crippen LogP contribution in [0.3, 0.4) is 0 Å². The molecule has 6 rings (SSSR count). The summed E-state index contributed by atoms with van der Waals surface area (Å²) in [5, 5.41) is 18.1. The van der Waals surface area contributed by atoms with Crippen LogP contribution in [0.2, 0.25) is 0 Å². The third-order valence-electron chi connectivity index (χ3n) is 6.45. The molecule has 0 aliphatic carbocycles. The van der Waals surface area contributed by atoms with Gasteiger partial charge in [-0.05, 0) is 37.1 Å². The van der Waals surface area contributed by atoms with E-state index in [2.05, 4.69) is 20.2 Å². The summed E-state index contributed by atoms with van der Waals surface area (Å²) in [6, 6.07) is 5.65. The smallest absolute Gasteiger partial charge is 0.353 e. The lowest BCUT2D eigenvalue weighted by molar-refractivity contribution is 0.0687. The molecule has 0 spiro atoms. The molecule has 10 nitrogen and oxygen atoms in total. The Morgan fingerprint density at radius 3 is 2.94 bits per heavy atom. The normalized spacial score (nSPS) is 16.1. The van der Waals surface area contributed by atoms with Crippen LogP contribution in [0.4, 0.5) is 14.6 Å². The zero-order valence-corrected chi connectivity index (χ0v) is 18.6. The lowest BCUT2D eigenvalue weighted by Gasteiger charge is -2.20. The van der Waals surface area contributed by atoms with Gasteiger partial charge in [0.25, 0.3) is 5.56 Å². The first-order valence-corrected chi connectivity index (χ1v) is 11.1. The highest BCUT2D eigenvalue weighted by Gasteiger charge is 2.32. The summed E-state index contributed by atoms with van der Waals surface area (Å²) in [7, 11) is 0. The molecule has 0 saturated carbocycles. The minimum atomic E-state index is -1.38. The van der Waals surface area contributed by atoms with E-state index < -0.39 is 29.5 Å². The number of ether oxygens (including phenoxy) is 1. The Balaban J connectivity index is 1.69. The summed E-state index contributed by atoms with van der Waals surface area (Å²) in [5.74, 6) is -2.62. The Hall–Kier alpha value is -4.45. The number of fused-ring (bicyclic) bond motifs is 4. The van der Waals surface area contributed by atoms with Crippen LogP contribution in [-0.4, -0.2) is 32.2 Å². The van der Waals surface area contributed by atoms with Crippen LogP contribution in [0.25, 0.3) is 22.0 Å². The highest BCUT2D eigenvalue weighted by atomic mass is 19.1. The molecule has 12 heteroatoms. The van der Waals surface area contributed by atoms with Gasteiger partial charge in [-0.2, -0.15) is 14.5 Å². The average molecular weight is 492 g/mol. The molecule has 2 aliphatic rings. The minimum absolute atomic E-state index is 0.00321. The average Bonchev–Trinajstić information content (AvgIpc) is 3.37. The first-order valence-electron chi connectivity index (χ1n) is 11.1. The summed E-state index contributed by atoms with van der Waals surface area (Å²) in [5.41, 5.74) is 5.99. The second-order valence-electron chi connectivity index (χ2n) is 8.55. The summed E-state index contributed by atoms with van der Waals surface area (Å²) in [6.07, 6.45) is 1.57. The molecule has 0 bridgehead atoms. The van der Waals surface area contributed by atoms with Crippen LogP contribution in [0.1, 0.15) is 39.8 Å². The van der Waals surface area contributed by atoms with Gasteiger partial charge in [0.05, 0.1) is 29.6 Å². The van der Waals surface area contributed by atoms with E-state index in [0.717, 1.165) is 0 Å². The van der Waals surface area contributed by atoms with Gasteiger partial charge in [-0.3, -0.25) is 4.79 Å². The second kappa shape index (κ2) is 8.05. The largest absolute Gasteiger partial charge is 0.492 e. The van der Waals surface area contributed by atoms with Crippen molar-refractivity contribution in [3.05, 3.63) is 75.0 Å². The van der Waals surface area contributed by atoms with E-state index in [0.29, 0.717) is 30.6 Å². The molecule has 1 unspecified atom stereocenters. The van der Waals surface area contributed by atoms with Gasteiger partial charge >= 0.3 is 5.97 Å². The van der Waals surface area contributed by atoms with Gasteiger partial charge in [-0.1, -0.05) is 0 Å². The van der Waals surface area contributed by atoms with Crippen molar-refractivity contribution in [3.63, 3.8) is 0 Å². The first kappa shape index (κ1) is 22.0. The third-order valence-corrected chi connectivity index (χ3v) is 6.45. The van der Waals surface area contributed by atoms with Gasteiger partial charge in [0.1, 0.15) is 23.4 Å². The van der Waals surface area contributed by atoms with Gasteiger partial charge in [-0.15, -0.1) is 5.11 Å². The van der Waals surface area contributed by atoms with Crippen molar-refractivity contribution in [2.45, 2.75) is 25.6 Å². The van der Waals surface area contributed by atoms with Crippen molar-refractivity contribution in [2.75, 3.05) is 6.61 Å². The molecule has 4 N–H and O–H groups in total. The summed E-state index contributed by atoms with van der Waals surface area (Å²) < 4.78 is 37.3. The van der Waals surface area contributed by atoms with E-state index in [1.54, 1.807) is 6.07 Å². The predicted molar refractivity (Wildman–Crippen MR) is 123 cm³/mol. The number of nitrogens with zero attached hydrogens (tertiary/aromatic N) is 4. The Bertz CT molecular complexity index is 1680. The number of carboxylic acid groups (broad SMARTS) is 1. The lowest BCUT2D eigenvalue weighted by Crippen LogP contribution is -2.15. The van der Waals surface area contributed by atoms with Gasteiger partial charge in [0, 0.05) is 28.5 Å². The molecular weight excluding hydrogens is 474 g/mol. The highest BCUT2D eigenvalue weighted by molar-refractivity contribution is 6.11. The maximum Gasteiger partial charge on any atom is 0.353 e. The number of hydrogen-bond acceptors (Lipinski definition) is 7. The fraction of sp³-hybridized carbons (Fsp3) is 0.208. The highest BCUT2D eigenvalue weighted by Crippen LogP contribution is 2.44. The first-order chi connectivity index (χ1) is 17.3. The zero-order chi connectivity index (χ0) is 25.1. The SMILES string of the molecule is NC1N=Nc2nc(F)c(Cn3c(C(=O)O)c(-c4ccc[nH]c4=O)c4c5c(c(F)cc43)CCCO5)cc21. The van der Waals surface area contributed by atoms with Crippen molar-refractivity contribution in [1.82, 2.24) is 14.5 Å². The van der Waals surface area contributed by atoms with Crippen LogP contribution >= 0.6 is 0 Å². The van der Waals surface area contributed by atoms with E-state index in [1.807, 2.05) is 0 Å². The number of azo groups is 1. The number of nitrogens with one attached hydrogen (secondary N) is 1.